The highest BCUT2D eigenvalue weighted by molar-refractivity contribution is 5.76. The summed E-state index contributed by atoms with van der Waals surface area (Å²) in [6.07, 6.45) is -6.44. The Kier molecular flexibility index (Phi) is 8.52. The van der Waals surface area contributed by atoms with Gasteiger partial charge in [-0.25, -0.2) is 9.59 Å². The van der Waals surface area contributed by atoms with Crippen LogP contribution >= 0.6 is 0 Å². The summed E-state index contributed by atoms with van der Waals surface area (Å²) in [5.74, 6) is -2.04. The number of aliphatic hydroxyl groups excluding tert-OH is 2. The van der Waals surface area contributed by atoms with Crippen LogP contribution in [0.25, 0.3) is 0 Å². The number of methoxy groups -OCH3 is 2. The van der Waals surface area contributed by atoms with Crippen LogP contribution in [0.2, 0.25) is 0 Å². The zero-order valence-corrected chi connectivity index (χ0v) is 13.7. The quantitative estimate of drug-likeness (QED) is 0.452. The zero-order chi connectivity index (χ0) is 18.8. The van der Waals surface area contributed by atoms with E-state index in [-0.39, 0.29) is 0 Å². The third kappa shape index (κ3) is 5.81. The van der Waals surface area contributed by atoms with Crippen LogP contribution in [0.1, 0.15) is 11.7 Å². The van der Waals surface area contributed by atoms with Crippen LogP contribution in [0.3, 0.4) is 0 Å². The summed E-state index contributed by atoms with van der Waals surface area (Å²) in [7, 11) is 2.11. The second-order valence-electron chi connectivity index (χ2n) is 4.72. The molecule has 0 unspecified atom stereocenters. The van der Waals surface area contributed by atoms with Gasteiger partial charge in [-0.3, -0.25) is 0 Å². The lowest BCUT2D eigenvalue weighted by atomic mass is 10.1. The molecule has 2 N–H and O–H groups in total. The molecule has 0 heterocycles. The number of esters is 2. The van der Waals surface area contributed by atoms with Gasteiger partial charge in [-0.2, -0.15) is 5.26 Å². The van der Waals surface area contributed by atoms with Gasteiger partial charge >= 0.3 is 11.9 Å². The van der Waals surface area contributed by atoms with Crippen molar-refractivity contribution in [1.82, 2.24) is 0 Å². The molecular weight excluding hydrogens is 334 g/mol. The molecule has 1 aromatic rings. The average molecular weight is 353 g/mol. The van der Waals surface area contributed by atoms with Crippen molar-refractivity contribution in [3.05, 3.63) is 35.9 Å². The highest BCUT2D eigenvalue weighted by Crippen LogP contribution is 2.21. The summed E-state index contributed by atoms with van der Waals surface area (Å²) < 4.78 is 19.3. The number of carbonyl (C=O) groups is 2. The first kappa shape index (κ1) is 20.5. The first-order valence-corrected chi connectivity index (χ1v) is 7.18. The summed E-state index contributed by atoms with van der Waals surface area (Å²) in [6, 6.07) is 10.1. The monoisotopic (exact) mass is 353 g/mol. The van der Waals surface area contributed by atoms with E-state index in [1.807, 2.05) is 6.07 Å². The topological polar surface area (TPSA) is 135 Å². The fourth-order valence-corrected chi connectivity index (χ4v) is 1.82. The van der Waals surface area contributed by atoms with Crippen LogP contribution in [0.4, 0.5) is 0 Å². The van der Waals surface area contributed by atoms with Gasteiger partial charge in [0.15, 0.2) is 18.5 Å². The number of carbonyl (C=O) groups excluding carboxylic acids is 2. The van der Waals surface area contributed by atoms with Gasteiger partial charge in [-0.05, 0) is 5.56 Å². The Morgan fingerprint density at radius 2 is 1.72 bits per heavy atom. The molecule has 0 spiro atoms. The highest BCUT2D eigenvalue weighted by atomic mass is 16.7. The van der Waals surface area contributed by atoms with Crippen LogP contribution in [0.5, 0.6) is 0 Å². The van der Waals surface area contributed by atoms with Crippen LogP contribution < -0.4 is 0 Å². The molecule has 136 valence electrons. The molecule has 9 heteroatoms. The fraction of sp³-hybridized carbons (Fsp3) is 0.438. The average Bonchev–Trinajstić information content (AvgIpc) is 2.67. The summed E-state index contributed by atoms with van der Waals surface area (Å²) in [5, 5.41) is 28.5. The van der Waals surface area contributed by atoms with Crippen molar-refractivity contribution in [3.8, 4) is 6.07 Å². The van der Waals surface area contributed by atoms with Crippen LogP contribution in [-0.2, 0) is 28.5 Å². The molecule has 1 rings (SSSR count). The maximum atomic E-state index is 11.6. The van der Waals surface area contributed by atoms with Crippen molar-refractivity contribution >= 4 is 11.9 Å². The van der Waals surface area contributed by atoms with Gasteiger partial charge in [0.05, 0.1) is 26.9 Å². The van der Waals surface area contributed by atoms with Crippen molar-refractivity contribution in [2.45, 2.75) is 24.6 Å². The summed E-state index contributed by atoms with van der Waals surface area (Å²) in [5.41, 5.74) is 0.439. The van der Waals surface area contributed by atoms with Crippen LogP contribution in [0.15, 0.2) is 30.3 Å². The molecule has 0 amide bonds. The number of hydrogen-bond donors (Lipinski definition) is 2. The molecule has 0 saturated heterocycles. The van der Waals surface area contributed by atoms with E-state index in [9.17, 15) is 25.1 Å². The third-order valence-corrected chi connectivity index (χ3v) is 3.12. The van der Waals surface area contributed by atoms with E-state index < -0.39 is 43.1 Å². The van der Waals surface area contributed by atoms with Gasteiger partial charge in [0, 0.05) is 0 Å². The molecule has 4 atom stereocenters. The molecule has 0 aromatic heterocycles. The molecule has 9 nitrogen and oxygen atoms in total. The minimum Gasteiger partial charge on any atom is -0.467 e. The second kappa shape index (κ2) is 10.4. The second-order valence-corrected chi connectivity index (χ2v) is 4.72. The van der Waals surface area contributed by atoms with E-state index in [0.29, 0.717) is 5.56 Å². The lowest BCUT2D eigenvalue weighted by Crippen LogP contribution is -2.44. The molecule has 0 bridgehead atoms. The van der Waals surface area contributed by atoms with Crippen molar-refractivity contribution < 1.29 is 38.7 Å². The summed E-state index contributed by atoms with van der Waals surface area (Å²) in [4.78, 5) is 23.1. The maximum absolute atomic E-state index is 11.6. The molecule has 0 fully saturated rings. The molecule has 0 radical (unpaired) electrons. The number of benzene rings is 1. The third-order valence-electron chi connectivity index (χ3n) is 3.12. The Balaban J connectivity index is 3.03. The van der Waals surface area contributed by atoms with E-state index in [1.54, 1.807) is 30.3 Å². The molecule has 0 aliphatic carbocycles. The first-order chi connectivity index (χ1) is 12.0. The minimum atomic E-state index is -1.96. The summed E-state index contributed by atoms with van der Waals surface area (Å²) >= 11 is 0. The van der Waals surface area contributed by atoms with Crippen LogP contribution in [-0.4, -0.2) is 61.5 Å². The molecule has 0 saturated carbocycles. The van der Waals surface area contributed by atoms with Crippen molar-refractivity contribution in [2.24, 2.45) is 0 Å². The maximum Gasteiger partial charge on any atom is 0.340 e. The molecule has 0 aliphatic rings. The Hall–Kier alpha value is -2.51. The largest absolute Gasteiger partial charge is 0.467 e. The molecular formula is C16H19NO8. The number of nitrogens with zero attached hydrogens (tertiary/aromatic N) is 1. The van der Waals surface area contributed by atoms with Gasteiger partial charge in [0.1, 0.15) is 0 Å². The molecule has 1 aromatic carbocycles. The number of rotatable bonds is 9. The Labute approximate surface area is 144 Å². The van der Waals surface area contributed by atoms with Gasteiger partial charge in [0.25, 0.3) is 0 Å². The Morgan fingerprint density at radius 1 is 1.12 bits per heavy atom. The van der Waals surface area contributed by atoms with Crippen molar-refractivity contribution in [3.63, 3.8) is 0 Å². The van der Waals surface area contributed by atoms with Gasteiger partial charge < -0.3 is 29.2 Å². The standard InChI is InChI=1S/C16H19NO8/c1-22-14(20)12(9-18)25-16(13(19)15(21)23-2)24-11(8-17)10-6-4-3-5-7-10/h3-7,11-13,16,18-19H,9H2,1-2H3/t11-,12-,13-,16-/m1/s1. The Bertz CT molecular complexity index is 600. The SMILES string of the molecule is COC(=O)[C@@H](O)[C@@H](O[C@H](CO)C(=O)OC)O[C@H](C#N)c1ccccc1. The van der Waals surface area contributed by atoms with Crippen molar-refractivity contribution in [2.75, 3.05) is 20.8 Å². The van der Waals surface area contributed by atoms with Gasteiger partial charge in [0.2, 0.25) is 6.10 Å². The van der Waals surface area contributed by atoms with Crippen molar-refractivity contribution in [1.29, 1.82) is 5.26 Å². The lowest BCUT2D eigenvalue weighted by Gasteiger charge is -2.27. The molecule has 0 aliphatic heterocycles. The van der Waals surface area contributed by atoms with E-state index >= 15 is 0 Å². The zero-order valence-electron chi connectivity index (χ0n) is 13.7. The number of hydrogen-bond acceptors (Lipinski definition) is 9. The highest BCUT2D eigenvalue weighted by Gasteiger charge is 2.36. The smallest absolute Gasteiger partial charge is 0.340 e. The fourth-order valence-electron chi connectivity index (χ4n) is 1.82. The first-order valence-electron chi connectivity index (χ1n) is 7.18. The Morgan fingerprint density at radius 3 is 2.20 bits per heavy atom. The van der Waals surface area contributed by atoms with E-state index in [2.05, 4.69) is 9.47 Å². The normalized spacial score (nSPS) is 15.3. The number of nitriles is 1. The van der Waals surface area contributed by atoms with Gasteiger partial charge in [-0.15, -0.1) is 0 Å². The predicted molar refractivity (Wildman–Crippen MR) is 81.7 cm³/mol. The van der Waals surface area contributed by atoms with E-state index in [0.717, 1.165) is 14.2 Å². The number of ether oxygens (including phenoxy) is 4. The predicted octanol–water partition coefficient (Wildman–Crippen LogP) is -0.322. The van der Waals surface area contributed by atoms with E-state index in [1.165, 1.54) is 0 Å². The van der Waals surface area contributed by atoms with Gasteiger partial charge in [-0.1, -0.05) is 30.3 Å². The minimum absolute atomic E-state index is 0.439. The number of aliphatic hydroxyl groups is 2. The summed E-state index contributed by atoms with van der Waals surface area (Å²) in [6.45, 7) is -0.789. The lowest BCUT2D eigenvalue weighted by molar-refractivity contribution is -0.240. The van der Waals surface area contributed by atoms with E-state index in [4.69, 9.17) is 9.47 Å². The molecule has 25 heavy (non-hydrogen) atoms. The van der Waals surface area contributed by atoms with Crippen LogP contribution in [0, 0.1) is 11.3 Å².